The molecular formula is C11H6F5N3O2. The minimum Gasteiger partial charge on any atom is -0.402 e. The Labute approximate surface area is 113 Å². The largest absolute Gasteiger partial charge is 0.416 e. The number of anilines is 1. The Balaban J connectivity index is 2.09. The van der Waals surface area contributed by atoms with Gasteiger partial charge in [-0.25, -0.2) is 0 Å². The van der Waals surface area contributed by atoms with Crippen LogP contribution < -0.4 is 5.32 Å². The van der Waals surface area contributed by atoms with Crippen LogP contribution in [0.1, 0.15) is 28.2 Å². The number of alkyl halides is 5. The second kappa shape index (κ2) is 5.46. The van der Waals surface area contributed by atoms with Gasteiger partial charge in [0.1, 0.15) is 0 Å². The summed E-state index contributed by atoms with van der Waals surface area (Å²) in [5, 5.41) is 8.13. The first kappa shape index (κ1) is 14.9. The van der Waals surface area contributed by atoms with E-state index in [1.165, 1.54) is 0 Å². The SMILES string of the molecule is O=C(Nc1nnc(C(F)F)o1)c1ccc(C(F)(F)F)cc1. The van der Waals surface area contributed by atoms with Crippen LogP contribution in [-0.4, -0.2) is 16.1 Å². The van der Waals surface area contributed by atoms with Crippen molar-refractivity contribution >= 4 is 11.9 Å². The average molecular weight is 307 g/mol. The number of hydrogen-bond donors (Lipinski definition) is 1. The van der Waals surface area contributed by atoms with Crippen molar-refractivity contribution in [2.75, 3.05) is 5.32 Å². The highest BCUT2D eigenvalue weighted by Crippen LogP contribution is 2.29. The first-order valence-electron chi connectivity index (χ1n) is 5.37. The van der Waals surface area contributed by atoms with Gasteiger partial charge in [-0.15, -0.1) is 5.10 Å². The molecule has 2 rings (SSSR count). The summed E-state index contributed by atoms with van der Waals surface area (Å²) in [7, 11) is 0. The van der Waals surface area contributed by atoms with Gasteiger partial charge in [0, 0.05) is 5.56 Å². The van der Waals surface area contributed by atoms with Crippen molar-refractivity contribution in [1.82, 2.24) is 10.2 Å². The van der Waals surface area contributed by atoms with E-state index in [0.717, 1.165) is 12.1 Å². The molecule has 1 N–H and O–H groups in total. The maximum atomic E-state index is 12.3. The molecule has 0 saturated carbocycles. The van der Waals surface area contributed by atoms with E-state index in [9.17, 15) is 26.7 Å². The van der Waals surface area contributed by atoms with Gasteiger partial charge in [0.05, 0.1) is 5.56 Å². The number of halogens is 5. The fourth-order valence-corrected chi connectivity index (χ4v) is 1.35. The molecule has 0 unspecified atom stereocenters. The zero-order chi connectivity index (χ0) is 15.6. The molecule has 5 nitrogen and oxygen atoms in total. The summed E-state index contributed by atoms with van der Waals surface area (Å²) in [6.07, 6.45) is -7.51. The van der Waals surface area contributed by atoms with Gasteiger partial charge in [0.15, 0.2) is 0 Å². The molecule has 0 bridgehead atoms. The Kier molecular flexibility index (Phi) is 3.87. The predicted octanol–water partition coefficient (Wildman–Crippen LogP) is 3.28. The van der Waals surface area contributed by atoms with Crippen LogP contribution in [0.25, 0.3) is 0 Å². The minimum atomic E-state index is -4.52. The quantitative estimate of drug-likeness (QED) is 0.884. The number of aromatic nitrogens is 2. The summed E-state index contributed by atoms with van der Waals surface area (Å²) in [4.78, 5) is 11.6. The number of nitrogens with one attached hydrogen (secondary N) is 1. The molecule has 0 saturated heterocycles. The second-order valence-electron chi connectivity index (χ2n) is 3.78. The summed E-state index contributed by atoms with van der Waals surface area (Å²) in [6.45, 7) is 0. The Morgan fingerprint density at radius 2 is 1.76 bits per heavy atom. The average Bonchev–Trinajstić information content (AvgIpc) is 2.86. The van der Waals surface area contributed by atoms with E-state index in [4.69, 9.17) is 0 Å². The van der Waals surface area contributed by atoms with E-state index in [2.05, 4.69) is 14.6 Å². The number of hydrogen-bond acceptors (Lipinski definition) is 4. The van der Waals surface area contributed by atoms with Gasteiger partial charge >= 0.3 is 18.6 Å². The van der Waals surface area contributed by atoms with Crippen molar-refractivity contribution in [2.24, 2.45) is 0 Å². The van der Waals surface area contributed by atoms with Gasteiger partial charge in [0.2, 0.25) is 0 Å². The third-order valence-corrected chi connectivity index (χ3v) is 2.32. The maximum absolute atomic E-state index is 12.3. The predicted molar refractivity (Wildman–Crippen MR) is 58.7 cm³/mol. The normalized spacial score (nSPS) is 11.7. The number of amides is 1. The van der Waals surface area contributed by atoms with Gasteiger partial charge in [-0.05, 0) is 24.3 Å². The molecule has 1 aromatic heterocycles. The lowest BCUT2D eigenvalue weighted by Crippen LogP contribution is -2.13. The minimum absolute atomic E-state index is 0.125. The standard InChI is InChI=1S/C11H6F5N3O2/c12-7(13)9-18-19-10(21-9)17-8(20)5-1-3-6(4-2-5)11(14,15)16/h1-4,7H,(H,17,19,20). The van der Waals surface area contributed by atoms with Gasteiger partial charge in [-0.2, -0.15) is 22.0 Å². The van der Waals surface area contributed by atoms with E-state index in [1.807, 2.05) is 5.32 Å². The fraction of sp³-hybridized carbons (Fsp3) is 0.182. The van der Waals surface area contributed by atoms with Crippen molar-refractivity contribution in [3.8, 4) is 0 Å². The Morgan fingerprint density at radius 1 is 1.14 bits per heavy atom. The number of carbonyl (C=O) groups is 1. The van der Waals surface area contributed by atoms with Crippen LogP contribution in [0.4, 0.5) is 28.0 Å². The third-order valence-electron chi connectivity index (χ3n) is 2.32. The molecule has 0 fully saturated rings. The van der Waals surface area contributed by atoms with Crippen molar-refractivity contribution in [2.45, 2.75) is 12.6 Å². The third kappa shape index (κ3) is 3.52. The molecule has 10 heteroatoms. The van der Waals surface area contributed by atoms with Crippen molar-refractivity contribution < 1.29 is 31.2 Å². The zero-order valence-electron chi connectivity index (χ0n) is 9.99. The van der Waals surface area contributed by atoms with Crippen LogP contribution in [0.2, 0.25) is 0 Å². The Bertz CT molecular complexity index is 636. The molecule has 0 atom stereocenters. The number of benzene rings is 1. The van der Waals surface area contributed by atoms with Crippen molar-refractivity contribution in [1.29, 1.82) is 0 Å². The summed E-state index contributed by atoms with van der Waals surface area (Å²) < 4.78 is 65.8. The second-order valence-corrected chi connectivity index (χ2v) is 3.78. The topological polar surface area (TPSA) is 68.0 Å². The van der Waals surface area contributed by atoms with Crippen LogP contribution >= 0.6 is 0 Å². The molecule has 0 aliphatic rings. The summed E-state index contributed by atoms with van der Waals surface area (Å²) >= 11 is 0. The van der Waals surface area contributed by atoms with Crippen LogP contribution in [0.15, 0.2) is 28.7 Å². The summed E-state index contributed by atoms with van der Waals surface area (Å²) in [5.74, 6) is -1.84. The Morgan fingerprint density at radius 3 is 2.24 bits per heavy atom. The lowest BCUT2D eigenvalue weighted by Gasteiger charge is -2.06. The van der Waals surface area contributed by atoms with Gasteiger partial charge < -0.3 is 4.42 Å². The highest BCUT2D eigenvalue weighted by atomic mass is 19.4. The molecule has 1 heterocycles. The number of nitrogens with zero attached hydrogens (tertiary/aromatic N) is 2. The first-order valence-corrected chi connectivity index (χ1v) is 5.37. The van der Waals surface area contributed by atoms with Gasteiger partial charge in [0.25, 0.3) is 11.8 Å². The van der Waals surface area contributed by atoms with Crippen LogP contribution in [0.5, 0.6) is 0 Å². The van der Waals surface area contributed by atoms with E-state index in [-0.39, 0.29) is 5.56 Å². The molecule has 0 aliphatic carbocycles. The smallest absolute Gasteiger partial charge is 0.402 e. The monoisotopic (exact) mass is 307 g/mol. The highest BCUT2D eigenvalue weighted by Gasteiger charge is 2.30. The molecule has 0 radical (unpaired) electrons. The number of rotatable bonds is 3. The van der Waals surface area contributed by atoms with Crippen LogP contribution in [-0.2, 0) is 6.18 Å². The lowest BCUT2D eigenvalue weighted by molar-refractivity contribution is -0.137. The first-order chi connectivity index (χ1) is 9.77. The molecular weight excluding hydrogens is 301 g/mol. The molecule has 0 aliphatic heterocycles. The van der Waals surface area contributed by atoms with Gasteiger partial charge in [-0.1, -0.05) is 5.10 Å². The summed E-state index contributed by atoms with van der Waals surface area (Å²) in [5.41, 5.74) is -1.04. The van der Waals surface area contributed by atoms with E-state index in [0.29, 0.717) is 12.1 Å². The lowest BCUT2D eigenvalue weighted by atomic mass is 10.1. The van der Waals surface area contributed by atoms with E-state index >= 15 is 0 Å². The van der Waals surface area contributed by atoms with E-state index < -0.39 is 36.0 Å². The fourth-order valence-electron chi connectivity index (χ4n) is 1.35. The molecule has 112 valence electrons. The molecule has 0 spiro atoms. The Hall–Kier alpha value is -2.52. The molecule has 21 heavy (non-hydrogen) atoms. The van der Waals surface area contributed by atoms with Gasteiger partial charge in [-0.3, -0.25) is 10.1 Å². The maximum Gasteiger partial charge on any atom is 0.416 e. The van der Waals surface area contributed by atoms with Crippen LogP contribution in [0, 0.1) is 0 Å². The number of carbonyl (C=O) groups excluding carboxylic acids is 1. The van der Waals surface area contributed by atoms with Crippen molar-refractivity contribution in [3.63, 3.8) is 0 Å². The zero-order valence-corrected chi connectivity index (χ0v) is 9.99. The van der Waals surface area contributed by atoms with Crippen LogP contribution in [0.3, 0.4) is 0 Å². The highest BCUT2D eigenvalue weighted by molar-refractivity contribution is 6.03. The summed E-state index contributed by atoms with van der Waals surface area (Å²) in [6, 6.07) is 2.72. The van der Waals surface area contributed by atoms with Crippen molar-refractivity contribution in [3.05, 3.63) is 41.3 Å². The molecule has 1 aromatic carbocycles. The molecule has 1 amide bonds. The van der Waals surface area contributed by atoms with E-state index in [1.54, 1.807) is 0 Å². The molecule has 2 aromatic rings.